The number of rotatable bonds is 7. The maximum Gasteiger partial charge on any atom is 0.220 e. The molecule has 0 bridgehead atoms. The van der Waals surface area contributed by atoms with Crippen LogP contribution >= 0.6 is 11.3 Å². The van der Waals surface area contributed by atoms with Gasteiger partial charge in [-0.3, -0.25) is 14.3 Å². The number of nitrogens with one attached hydrogen (secondary N) is 1. The molecule has 1 N–H and O–H groups in total. The summed E-state index contributed by atoms with van der Waals surface area (Å²) in [6.07, 6.45) is 4.03. The molecule has 2 aromatic heterocycles. The second-order valence-electron chi connectivity index (χ2n) is 5.45. The zero-order chi connectivity index (χ0) is 16.1. The Labute approximate surface area is 134 Å². The number of Topliss-reactive ketones (excluding diaryl/α,β-unsaturated/α-hetero) is 1. The van der Waals surface area contributed by atoms with Crippen LogP contribution in [0.1, 0.15) is 39.9 Å². The highest BCUT2D eigenvalue weighted by Gasteiger charge is 2.15. The van der Waals surface area contributed by atoms with Gasteiger partial charge in [-0.15, -0.1) is 11.3 Å². The number of hydrogen-bond acceptors (Lipinski definition) is 4. The van der Waals surface area contributed by atoms with Crippen LogP contribution in [-0.4, -0.2) is 27.5 Å². The van der Waals surface area contributed by atoms with E-state index in [1.54, 1.807) is 22.2 Å². The molecule has 0 radical (unpaired) electrons. The van der Waals surface area contributed by atoms with E-state index in [1.165, 1.54) is 0 Å². The number of ketones is 1. The van der Waals surface area contributed by atoms with E-state index >= 15 is 0 Å². The van der Waals surface area contributed by atoms with Crippen molar-refractivity contribution in [1.29, 1.82) is 0 Å². The SMILES string of the molecule is Cc1cc(C(=O)CCC(=O)N[C@@H](C)Cn2cccn2)c(C)s1. The van der Waals surface area contributed by atoms with Crippen molar-refractivity contribution >= 4 is 23.0 Å². The first-order valence-corrected chi connectivity index (χ1v) is 8.14. The lowest BCUT2D eigenvalue weighted by Crippen LogP contribution is -2.35. The Kier molecular flexibility index (Phi) is 5.49. The maximum atomic E-state index is 12.1. The molecule has 0 aliphatic heterocycles. The summed E-state index contributed by atoms with van der Waals surface area (Å²) in [6.45, 7) is 6.47. The number of hydrogen-bond donors (Lipinski definition) is 1. The van der Waals surface area contributed by atoms with Crippen LogP contribution in [0.15, 0.2) is 24.5 Å². The minimum Gasteiger partial charge on any atom is -0.352 e. The van der Waals surface area contributed by atoms with Gasteiger partial charge in [0.25, 0.3) is 0 Å². The molecule has 6 heteroatoms. The van der Waals surface area contributed by atoms with Crippen LogP contribution in [0.25, 0.3) is 0 Å². The Bertz CT molecular complexity index is 646. The lowest BCUT2D eigenvalue weighted by Gasteiger charge is -2.13. The average Bonchev–Trinajstić information content (AvgIpc) is 3.05. The summed E-state index contributed by atoms with van der Waals surface area (Å²) in [5, 5.41) is 7.00. The first kappa shape index (κ1) is 16.4. The smallest absolute Gasteiger partial charge is 0.220 e. The van der Waals surface area contributed by atoms with E-state index in [0.717, 1.165) is 15.3 Å². The third kappa shape index (κ3) is 4.53. The number of carbonyl (C=O) groups is 2. The van der Waals surface area contributed by atoms with E-state index in [9.17, 15) is 9.59 Å². The van der Waals surface area contributed by atoms with Gasteiger partial charge in [0.1, 0.15) is 0 Å². The summed E-state index contributed by atoms with van der Waals surface area (Å²) < 4.78 is 1.77. The molecule has 0 saturated heterocycles. The molecule has 0 unspecified atom stereocenters. The Morgan fingerprint density at radius 1 is 1.36 bits per heavy atom. The molecule has 0 aliphatic carbocycles. The molecular weight excluding hydrogens is 298 g/mol. The zero-order valence-electron chi connectivity index (χ0n) is 13.1. The molecule has 2 rings (SSSR count). The van der Waals surface area contributed by atoms with Gasteiger partial charge in [-0.2, -0.15) is 5.10 Å². The molecule has 0 fully saturated rings. The topological polar surface area (TPSA) is 64.0 Å². The van der Waals surface area contributed by atoms with Crippen molar-refractivity contribution in [2.75, 3.05) is 0 Å². The third-order valence-corrected chi connectivity index (χ3v) is 4.31. The van der Waals surface area contributed by atoms with Crippen LogP contribution in [0.5, 0.6) is 0 Å². The monoisotopic (exact) mass is 319 g/mol. The van der Waals surface area contributed by atoms with E-state index in [2.05, 4.69) is 10.4 Å². The van der Waals surface area contributed by atoms with E-state index in [1.807, 2.05) is 39.1 Å². The van der Waals surface area contributed by atoms with Crippen molar-refractivity contribution in [3.05, 3.63) is 39.8 Å². The van der Waals surface area contributed by atoms with Gasteiger partial charge >= 0.3 is 0 Å². The zero-order valence-corrected chi connectivity index (χ0v) is 13.9. The Balaban J connectivity index is 1.77. The van der Waals surface area contributed by atoms with Crippen LogP contribution in [-0.2, 0) is 11.3 Å². The highest BCUT2D eigenvalue weighted by Crippen LogP contribution is 2.22. The minimum absolute atomic E-state index is 0.0207. The van der Waals surface area contributed by atoms with Crippen LogP contribution in [0.4, 0.5) is 0 Å². The largest absolute Gasteiger partial charge is 0.352 e. The van der Waals surface area contributed by atoms with Gasteiger partial charge in [0.2, 0.25) is 5.91 Å². The first-order chi connectivity index (χ1) is 10.5. The molecule has 22 heavy (non-hydrogen) atoms. The third-order valence-electron chi connectivity index (χ3n) is 3.35. The normalized spacial score (nSPS) is 12.1. The lowest BCUT2D eigenvalue weighted by atomic mass is 10.1. The van der Waals surface area contributed by atoms with Gasteiger partial charge in [0.15, 0.2) is 5.78 Å². The van der Waals surface area contributed by atoms with Crippen LogP contribution in [0.2, 0.25) is 0 Å². The molecular formula is C16H21N3O2S. The number of carbonyl (C=O) groups excluding carboxylic acids is 2. The molecule has 1 amide bonds. The molecule has 0 spiro atoms. The van der Waals surface area contributed by atoms with Gasteiger partial charge < -0.3 is 5.32 Å². The van der Waals surface area contributed by atoms with Crippen molar-refractivity contribution in [2.24, 2.45) is 0 Å². The molecule has 0 aromatic carbocycles. The lowest BCUT2D eigenvalue weighted by molar-refractivity contribution is -0.121. The molecule has 0 aliphatic rings. The Morgan fingerprint density at radius 3 is 2.73 bits per heavy atom. The second-order valence-corrected chi connectivity index (χ2v) is 6.91. The number of aryl methyl sites for hydroxylation is 2. The highest BCUT2D eigenvalue weighted by atomic mass is 32.1. The molecule has 1 atom stereocenters. The Morgan fingerprint density at radius 2 is 2.14 bits per heavy atom. The molecule has 0 saturated carbocycles. The van der Waals surface area contributed by atoms with Crippen molar-refractivity contribution in [3.8, 4) is 0 Å². The van der Waals surface area contributed by atoms with Crippen LogP contribution in [0, 0.1) is 13.8 Å². The Hall–Kier alpha value is -1.95. The number of aromatic nitrogens is 2. The van der Waals surface area contributed by atoms with E-state index < -0.39 is 0 Å². The molecule has 2 heterocycles. The number of thiophene rings is 1. The summed E-state index contributed by atoms with van der Waals surface area (Å²) in [5.74, 6) is -0.0608. The standard InChI is InChI=1S/C16H21N3O2S/c1-11(10-19-8-4-7-17-19)18-16(21)6-5-15(20)14-9-12(2)22-13(14)3/h4,7-9,11H,5-6,10H2,1-3H3,(H,18,21)/t11-/m0/s1. The highest BCUT2D eigenvalue weighted by molar-refractivity contribution is 7.12. The van der Waals surface area contributed by atoms with Gasteiger partial charge in [-0.25, -0.2) is 0 Å². The summed E-state index contributed by atoms with van der Waals surface area (Å²) >= 11 is 1.61. The van der Waals surface area contributed by atoms with Crippen molar-refractivity contribution in [3.63, 3.8) is 0 Å². The minimum atomic E-state index is -0.0994. The van der Waals surface area contributed by atoms with Crippen LogP contribution in [0.3, 0.4) is 0 Å². The quantitative estimate of drug-likeness (QED) is 0.798. The number of amides is 1. The molecule has 5 nitrogen and oxygen atoms in total. The van der Waals surface area contributed by atoms with E-state index in [4.69, 9.17) is 0 Å². The fourth-order valence-corrected chi connectivity index (χ4v) is 3.29. The van der Waals surface area contributed by atoms with Gasteiger partial charge in [0, 0.05) is 46.6 Å². The summed E-state index contributed by atoms with van der Waals surface area (Å²) in [6, 6.07) is 3.73. The summed E-state index contributed by atoms with van der Waals surface area (Å²) in [5.41, 5.74) is 0.750. The maximum absolute atomic E-state index is 12.1. The summed E-state index contributed by atoms with van der Waals surface area (Å²) in [4.78, 5) is 26.2. The molecule has 2 aromatic rings. The van der Waals surface area contributed by atoms with E-state index in [-0.39, 0.29) is 30.6 Å². The fraction of sp³-hybridized carbons (Fsp3) is 0.438. The van der Waals surface area contributed by atoms with Crippen molar-refractivity contribution in [2.45, 2.75) is 46.2 Å². The van der Waals surface area contributed by atoms with Crippen molar-refractivity contribution in [1.82, 2.24) is 15.1 Å². The van der Waals surface area contributed by atoms with E-state index in [0.29, 0.717) is 6.54 Å². The average molecular weight is 319 g/mol. The van der Waals surface area contributed by atoms with Gasteiger partial charge in [-0.1, -0.05) is 0 Å². The predicted molar refractivity (Wildman–Crippen MR) is 87.2 cm³/mol. The van der Waals surface area contributed by atoms with Crippen LogP contribution < -0.4 is 5.32 Å². The van der Waals surface area contributed by atoms with Crippen molar-refractivity contribution < 1.29 is 9.59 Å². The second kappa shape index (κ2) is 7.35. The first-order valence-electron chi connectivity index (χ1n) is 7.32. The van der Waals surface area contributed by atoms with Gasteiger partial charge in [-0.05, 0) is 32.9 Å². The van der Waals surface area contributed by atoms with Gasteiger partial charge in [0.05, 0.1) is 6.54 Å². The number of nitrogens with zero attached hydrogens (tertiary/aromatic N) is 2. The fourth-order valence-electron chi connectivity index (χ4n) is 2.35. The molecule has 118 valence electrons. The predicted octanol–water partition coefficient (Wildman–Crippen LogP) is 2.73. The summed E-state index contributed by atoms with van der Waals surface area (Å²) in [7, 11) is 0.